The average molecular weight is 347 g/mol. The van der Waals surface area contributed by atoms with Crippen molar-refractivity contribution in [2.75, 3.05) is 0 Å². The second kappa shape index (κ2) is 6.86. The van der Waals surface area contributed by atoms with Crippen molar-refractivity contribution >= 4 is 37.6 Å². The second-order valence-electron chi connectivity index (χ2n) is 3.38. The molecule has 16 heavy (non-hydrogen) atoms. The summed E-state index contributed by atoms with van der Waals surface area (Å²) in [4.78, 5) is 11.7. The maximum atomic E-state index is 11.7. The third-order valence-corrected chi connectivity index (χ3v) is 2.94. The standard InChI is InChI=1S/C12H13Br2NO/c13-12(14)7-6-10(15)8-11(16)9-4-2-1-3-5-9/h1-5,8,12H,6-7,15H2/b10-8-. The molecular weight excluding hydrogens is 334 g/mol. The molecule has 0 saturated heterocycles. The molecule has 0 radical (unpaired) electrons. The van der Waals surface area contributed by atoms with Crippen LogP contribution in [0.2, 0.25) is 0 Å². The molecule has 0 atom stereocenters. The van der Waals surface area contributed by atoms with E-state index in [4.69, 9.17) is 5.73 Å². The number of hydrogen-bond donors (Lipinski definition) is 1. The number of ketones is 1. The molecular formula is C12H13Br2NO. The molecule has 0 bridgehead atoms. The third kappa shape index (κ3) is 4.94. The summed E-state index contributed by atoms with van der Waals surface area (Å²) in [7, 11) is 0. The summed E-state index contributed by atoms with van der Waals surface area (Å²) in [5.41, 5.74) is 7.03. The summed E-state index contributed by atoms with van der Waals surface area (Å²) in [5, 5.41) is 0. The number of rotatable bonds is 5. The van der Waals surface area contributed by atoms with E-state index in [1.54, 1.807) is 12.1 Å². The lowest BCUT2D eigenvalue weighted by molar-refractivity contribution is 0.104. The Morgan fingerprint density at radius 2 is 1.94 bits per heavy atom. The SMILES string of the molecule is N/C(=C\C(=O)c1ccccc1)CCC(Br)Br. The molecule has 2 N–H and O–H groups in total. The van der Waals surface area contributed by atoms with Gasteiger partial charge in [0.1, 0.15) is 0 Å². The van der Waals surface area contributed by atoms with Crippen molar-refractivity contribution in [3.05, 3.63) is 47.7 Å². The number of benzene rings is 1. The van der Waals surface area contributed by atoms with Crippen LogP contribution in [0, 0.1) is 0 Å². The fourth-order valence-corrected chi connectivity index (χ4v) is 1.66. The monoisotopic (exact) mass is 345 g/mol. The summed E-state index contributed by atoms with van der Waals surface area (Å²) in [6.07, 6.45) is 3.04. The number of nitrogens with two attached hydrogens (primary N) is 1. The van der Waals surface area contributed by atoms with Crippen molar-refractivity contribution in [1.82, 2.24) is 0 Å². The Morgan fingerprint density at radius 1 is 1.31 bits per heavy atom. The highest BCUT2D eigenvalue weighted by atomic mass is 79.9. The van der Waals surface area contributed by atoms with Gasteiger partial charge < -0.3 is 5.73 Å². The van der Waals surface area contributed by atoms with Crippen LogP contribution in [0.4, 0.5) is 0 Å². The molecule has 1 aromatic rings. The van der Waals surface area contributed by atoms with Gasteiger partial charge >= 0.3 is 0 Å². The van der Waals surface area contributed by atoms with Gasteiger partial charge in [-0.25, -0.2) is 0 Å². The van der Waals surface area contributed by atoms with Crippen LogP contribution >= 0.6 is 31.9 Å². The predicted molar refractivity (Wildman–Crippen MR) is 73.9 cm³/mol. The fraction of sp³-hybridized carbons (Fsp3) is 0.250. The van der Waals surface area contributed by atoms with Crippen LogP contribution < -0.4 is 5.73 Å². The molecule has 0 aliphatic heterocycles. The molecule has 0 amide bonds. The Bertz CT molecular complexity index is 374. The predicted octanol–water partition coefficient (Wildman–Crippen LogP) is 3.61. The molecule has 0 fully saturated rings. The van der Waals surface area contributed by atoms with Gasteiger partial charge in [-0.15, -0.1) is 0 Å². The second-order valence-corrected chi connectivity index (χ2v) is 6.82. The van der Waals surface area contributed by atoms with Crippen LogP contribution in [0.5, 0.6) is 0 Å². The van der Waals surface area contributed by atoms with Crippen molar-refractivity contribution in [2.24, 2.45) is 5.73 Å². The van der Waals surface area contributed by atoms with Crippen molar-refractivity contribution < 1.29 is 4.79 Å². The van der Waals surface area contributed by atoms with Gasteiger partial charge in [0.2, 0.25) is 0 Å². The lowest BCUT2D eigenvalue weighted by Crippen LogP contribution is -2.04. The molecule has 1 rings (SSSR count). The van der Waals surface area contributed by atoms with Crippen LogP contribution in [-0.2, 0) is 0 Å². The number of allylic oxidation sites excluding steroid dienone is 2. The van der Waals surface area contributed by atoms with Crippen molar-refractivity contribution in [1.29, 1.82) is 0 Å². The molecule has 0 unspecified atom stereocenters. The number of hydrogen-bond acceptors (Lipinski definition) is 2. The normalized spacial score (nSPS) is 11.8. The highest BCUT2D eigenvalue weighted by Gasteiger charge is 2.04. The Hall–Kier alpha value is -0.610. The first-order chi connectivity index (χ1) is 7.59. The van der Waals surface area contributed by atoms with Crippen LogP contribution in [0.1, 0.15) is 23.2 Å². The van der Waals surface area contributed by atoms with E-state index in [1.807, 2.05) is 18.2 Å². The van der Waals surface area contributed by atoms with E-state index in [0.717, 1.165) is 6.42 Å². The van der Waals surface area contributed by atoms with Crippen LogP contribution in [0.15, 0.2) is 42.1 Å². The van der Waals surface area contributed by atoms with Crippen molar-refractivity contribution in [3.8, 4) is 0 Å². The average Bonchev–Trinajstić information content (AvgIpc) is 2.27. The lowest BCUT2D eigenvalue weighted by Gasteiger charge is -2.02. The first-order valence-electron chi connectivity index (χ1n) is 4.93. The van der Waals surface area contributed by atoms with Gasteiger partial charge in [-0.05, 0) is 12.8 Å². The van der Waals surface area contributed by atoms with E-state index >= 15 is 0 Å². The van der Waals surface area contributed by atoms with E-state index in [-0.39, 0.29) is 9.52 Å². The molecule has 0 aromatic heterocycles. The summed E-state index contributed by atoms with van der Waals surface area (Å²) < 4.78 is 0.235. The van der Waals surface area contributed by atoms with Gasteiger partial charge in [-0.2, -0.15) is 0 Å². The van der Waals surface area contributed by atoms with Crippen LogP contribution in [-0.4, -0.2) is 9.52 Å². The highest BCUT2D eigenvalue weighted by Crippen LogP contribution is 2.16. The Morgan fingerprint density at radius 3 is 2.50 bits per heavy atom. The number of alkyl halides is 2. The lowest BCUT2D eigenvalue weighted by atomic mass is 10.1. The minimum Gasteiger partial charge on any atom is -0.402 e. The summed E-state index contributed by atoms with van der Waals surface area (Å²) in [6.45, 7) is 0. The Balaban J connectivity index is 2.59. The van der Waals surface area contributed by atoms with E-state index in [9.17, 15) is 4.79 Å². The smallest absolute Gasteiger partial charge is 0.187 e. The van der Waals surface area contributed by atoms with Gasteiger partial charge in [-0.1, -0.05) is 62.2 Å². The first-order valence-corrected chi connectivity index (χ1v) is 6.76. The quantitative estimate of drug-likeness (QED) is 0.502. The minimum absolute atomic E-state index is 0.0428. The third-order valence-electron chi connectivity index (χ3n) is 2.03. The topological polar surface area (TPSA) is 43.1 Å². The maximum Gasteiger partial charge on any atom is 0.187 e. The van der Waals surface area contributed by atoms with Gasteiger partial charge in [0, 0.05) is 17.3 Å². The summed E-state index contributed by atoms with van der Waals surface area (Å²) >= 11 is 6.73. The molecule has 0 saturated carbocycles. The molecule has 2 nitrogen and oxygen atoms in total. The van der Waals surface area contributed by atoms with E-state index < -0.39 is 0 Å². The van der Waals surface area contributed by atoms with Gasteiger partial charge in [0.25, 0.3) is 0 Å². The van der Waals surface area contributed by atoms with E-state index in [0.29, 0.717) is 17.7 Å². The first kappa shape index (κ1) is 13.5. The van der Waals surface area contributed by atoms with Gasteiger partial charge in [0.15, 0.2) is 5.78 Å². The fourth-order valence-electron chi connectivity index (χ4n) is 1.20. The number of carbonyl (C=O) groups is 1. The highest BCUT2D eigenvalue weighted by molar-refractivity contribution is 9.24. The van der Waals surface area contributed by atoms with Crippen molar-refractivity contribution in [2.45, 2.75) is 16.6 Å². The molecule has 0 heterocycles. The van der Waals surface area contributed by atoms with Crippen LogP contribution in [0.3, 0.4) is 0 Å². The number of halogens is 2. The number of carbonyl (C=O) groups excluding carboxylic acids is 1. The van der Waals surface area contributed by atoms with E-state index in [1.165, 1.54) is 6.08 Å². The van der Waals surface area contributed by atoms with Gasteiger partial charge in [0.05, 0.1) is 3.74 Å². The van der Waals surface area contributed by atoms with E-state index in [2.05, 4.69) is 31.9 Å². The summed E-state index contributed by atoms with van der Waals surface area (Å²) in [5.74, 6) is -0.0428. The van der Waals surface area contributed by atoms with Crippen LogP contribution in [0.25, 0.3) is 0 Å². The maximum absolute atomic E-state index is 11.7. The van der Waals surface area contributed by atoms with Gasteiger partial charge in [-0.3, -0.25) is 4.79 Å². The molecule has 1 aromatic carbocycles. The Kier molecular flexibility index (Phi) is 5.77. The molecule has 0 aliphatic carbocycles. The summed E-state index contributed by atoms with van der Waals surface area (Å²) in [6, 6.07) is 9.12. The Labute approximate surface area is 112 Å². The zero-order valence-corrected chi connectivity index (χ0v) is 11.9. The molecule has 86 valence electrons. The molecule has 0 spiro atoms. The zero-order chi connectivity index (χ0) is 12.0. The van der Waals surface area contributed by atoms with Crippen molar-refractivity contribution in [3.63, 3.8) is 0 Å². The molecule has 4 heteroatoms. The molecule has 0 aliphatic rings. The zero-order valence-electron chi connectivity index (χ0n) is 8.70. The minimum atomic E-state index is -0.0428. The largest absolute Gasteiger partial charge is 0.402 e.